The van der Waals surface area contributed by atoms with E-state index in [0.717, 1.165) is 70.1 Å². The van der Waals surface area contributed by atoms with Crippen LogP contribution < -0.4 is 0 Å². The number of unbranched alkanes of at least 4 members (excludes halogenated alkanes) is 21. The number of hydrogen-bond donors (Lipinski definition) is 4. The number of epoxide rings is 1. The summed E-state index contributed by atoms with van der Waals surface area (Å²) >= 11 is 0. The van der Waals surface area contributed by atoms with Gasteiger partial charge in [-0.1, -0.05) is 168 Å². The molecule has 360 valence electrons. The molecule has 1 rings (SSSR count). The fourth-order valence-corrected chi connectivity index (χ4v) is 8.17. The van der Waals surface area contributed by atoms with Crippen molar-refractivity contribution in [2.24, 2.45) is 5.92 Å². The molecule has 0 spiro atoms. The van der Waals surface area contributed by atoms with Crippen molar-refractivity contribution in [2.45, 2.75) is 231 Å². The molecule has 3 unspecified atom stereocenters. The van der Waals surface area contributed by atoms with Crippen molar-refractivity contribution >= 4 is 27.6 Å². The summed E-state index contributed by atoms with van der Waals surface area (Å²) in [4.78, 5) is 52.9. The van der Waals surface area contributed by atoms with Crippen LogP contribution in [0.5, 0.6) is 0 Å². The summed E-state index contributed by atoms with van der Waals surface area (Å²) in [5.74, 6) is -0.226. The van der Waals surface area contributed by atoms with Crippen LogP contribution in [0.25, 0.3) is 0 Å². The number of carbonyl (C=O) groups is 2. The number of phosphoric ester groups is 2. The third-order valence-corrected chi connectivity index (χ3v) is 12.2. The van der Waals surface area contributed by atoms with Gasteiger partial charge in [0.2, 0.25) is 0 Å². The van der Waals surface area contributed by atoms with Crippen molar-refractivity contribution in [1.29, 1.82) is 0 Å². The van der Waals surface area contributed by atoms with Crippen molar-refractivity contribution in [3.05, 3.63) is 12.2 Å². The van der Waals surface area contributed by atoms with Gasteiger partial charge in [-0.2, -0.15) is 0 Å². The molecule has 0 amide bonds. The van der Waals surface area contributed by atoms with Crippen LogP contribution >= 0.6 is 15.6 Å². The lowest BCUT2D eigenvalue weighted by Gasteiger charge is -2.20. The summed E-state index contributed by atoms with van der Waals surface area (Å²) < 4.78 is 53.7. The predicted molar refractivity (Wildman–Crippen MR) is 239 cm³/mol. The van der Waals surface area contributed by atoms with Gasteiger partial charge >= 0.3 is 27.6 Å². The van der Waals surface area contributed by atoms with Gasteiger partial charge in [-0.15, -0.1) is 0 Å². The van der Waals surface area contributed by atoms with Gasteiger partial charge in [-0.25, -0.2) is 9.13 Å². The monoisotopic (exact) mass is 913 g/mol. The van der Waals surface area contributed by atoms with Crippen LogP contribution in [0.2, 0.25) is 0 Å². The zero-order valence-corrected chi connectivity index (χ0v) is 39.9. The van der Waals surface area contributed by atoms with E-state index in [0.29, 0.717) is 25.0 Å². The quantitative estimate of drug-likeness (QED) is 0.0147. The number of allylic oxidation sites excluding steroid dienone is 1. The first kappa shape index (κ1) is 57.8. The summed E-state index contributed by atoms with van der Waals surface area (Å²) in [5, 5.41) is 9.77. The molecule has 16 heteroatoms. The first-order valence-electron chi connectivity index (χ1n) is 23.9. The molecule has 1 aliphatic rings. The second-order valence-electron chi connectivity index (χ2n) is 17.3. The average molecular weight is 913 g/mol. The summed E-state index contributed by atoms with van der Waals surface area (Å²) in [7, 11) is -9.68. The smallest absolute Gasteiger partial charge is 0.462 e. The van der Waals surface area contributed by atoms with Crippen LogP contribution in [0.1, 0.15) is 207 Å². The van der Waals surface area contributed by atoms with Gasteiger partial charge in [0.25, 0.3) is 0 Å². The third-order valence-electron chi connectivity index (χ3n) is 10.7. The molecule has 61 heavy (non-hydrogen) atoms. The van der Waals surface area contributed by atoms with Crippen molar-refractivity contribution in [2.75, 3.05) is 26.4 Å². The molecule has 1 aliphatic heterocycles. The number of rotatable bonds is 44. The SMILES string of the molecule is CCCCC/C=C\CC1OC1CCCCCCCC(=O)O[C@H](COC(=O)CCCCCCCCCCCCCCCCCC(C)C)COP(=O)(O)OC[C@@H](O)COP(=O)(O)O. The Labute approximate surface area is 368 Å². The predicted octanol–water partition coefficient (Wildman–Crippen LogP) is 11.4. The normalized spacial score (nSPS) is 17.4. The molecule has 14 nitrogen and oxygen atoms in total. The molecule has 0 aliphatic carbocycles. The van der Waals surface area contributed by atoms with Crippen LogP contribution in [-0.2, 0) is 46.5 Å². The third kappa shape index (κ3) is 39.0. The Morgan fingerprint density at radius 1 is 0.607 bits per heavy atom. The fourth-order valence-electron chi connectivity index (χ4n) is 7.01. The zero-order valence-electron chi connectivity index (χ0n) is 38.1. The Hall–Kier alpha value is -1.18. The van der Waals surface area contributed by atoms with Gasteiger partial charge in [0.15, 0.2) is 6.10 Å². The first-order chi connectivity index (χ1) is 29.2. The van der Waals surface area contributed by atoms with E-state index in [-0.39, 0.29) is 19.4 Å². The van der Waals surface area contributed by atoms with Crippen LogP contribution in [-0.4, -0.2) is 82.6 Å². The van der Waals surface area contributed by atoms with E-state index in [1.54, 1.807) is 0 Å². The van der Waals surface area contributed by atoms with Gasteiger partial charge in [-0.3, -0.25) is 23.2 Å². The molecule has 4 N–H and O–H groups in total. The van der Waals surface area contributed by atoms with E-state index >= 15 is 0 Å². The molecule has 1 fully saturated rings. The highest BCUT2D eigenvalue weighted by molar-refractivity contribution is 7.47. The molecule has 0 aromatic carbocycles. The summed E-state index contributed by atoms with van der Waals surface area (Å²) in [6.45, 7) is 4.08. The van der Waals surface area contributed by atoms with E-state index in [2.05, 4.69) is 37.4 Å². The first-order valence-corrected chi connectivity index (χ1v) is 26.9. The highest BCUT2D eigenvalue weighted by Gasteiger charge is 2.36. The summed E-state index contributed by atoms with van der Waals surface area (Å²) in [5.41, 5.74) is 0. The molecule has 0 radical (unpaired) electrons. The number of carbonyl (C=O) groups excluding carboxylic acids is 2. The van der Waals surface area contributed by atoms with Crippen molar-refractivity contribution in [3.8, 4) is 0 Å². The highest BCUT2D eigenvalue weighted by Crippen LogP contribution is 2.44. The van der Waals surface area contributed by atoms with Gasteiger partial charge in [0.1, 0.15) is 12.7 Å². The van der Waals surface area contributed by atoms with Crippen LogP contribution in [0, 0.1) is 5.92 Å². The Morgan fingerprint density at radius 3 is 1.67 bits per heavy atom. The Kier molecular flexibility index (Phi) is 35.2. The van der Waals surface area contributed by atoms with E-state index in [9.17, 15) is 28.7 Å². The van der Waals surface area contributed by atoms with Gasteiger partial charge in [0, 0.05) is 12.8 Å². The zero-order chi connectivity index (χ0) is 45.0. The van der Waals surface area contributed by atoms with Gasteiger partial charge < -0.3 is 34.0 Å². The summed E-state index contributed by atoms with van der Waals surface area (Å²) in [6, 6.07) is 0. The molecule has 5 atom stereocenters. The number of esters is 2. The lowest BCUT2D eigenvalue weighted by Crippen LogP contribution is -2.30. The van der Waals surface area contributed by atoms with Gasteiger partial charge in [0.05, 0.1) is 32.0 Å². The Morgan fingerprint density at radius 2 is 1.11 bits per heavy atom. The number of ether oxygens (including phenoxy) is 3. The Balaban J connectivity index is 2.31. The maximum atomic E-state index is 12.7. The van der Waals surface area contributed by atoms with E-state index in [4.69, 9.17) is 33.0 Å². The molecule has 0 aromatic heterocycles. The van der Waals surface area contributed by atoms with Crippen molar-refractivity contribution in [3.63, 3.8) is 0 Å². The van der Waals surface area contributed by atoms with Crippen LogP contribution in [0.4, 0.5) is 0 Å². The highest BCUT2D eigenvalue weighted by atomic mass is 31.2. The maximum absolute atomic E-state index is 12.7. The molecule has 0 saturated carbocycles. The number of hydrogen-bond acceptors (Lipinski definition) is 11. The molecule has 1 heterocycles. The number of aliphatic hydroxyl groups is 1. The van der Waals surface area contributed by atoms with Gasteiger partial charge in [-0.05, 0) is 44.4 Å². The Bertz CT molecular complexity index is 1210. The second kappa shape index (κ2) is 37.1. The minimum atomic E-state index is -4.87. The average Bonchev–Trinajstić information content (AvgIpc) is 3.96. The fraction of sp³-hybridized carbons (Fsp3) is 0.911. The molecular weight excluding hydrogens is 826 g/mol. The molecule has 0 aromatic rings. The standard InChI is InChI=1S/C45H86O14P2/c1-4-5-6-7-21-26-31-42-43(59-42)32-27-22-19-24-29-34-45(48)58-41(38-57-61(52,53)56-36-40(46)35-55-60(49,50)51)37-54-44(47)33-28-23-18-16-14-12-10-8-9-11-13-15-17-20-25-30-39(2)3/h21,26,39-43,46H,4-20,22-25,27-38H2,1-3H3,(H,52,53)(H2,49,50,51)/b26-21-/t40-,41+,42?,43?/m0/s1. The second-order valence-corrected chi connectivity index (χ2v) is 19.9. The lowest BCUT2D eigenvalue weighted by atomic mass is 10.0. The maximum Gasteiger partial charge on any atom is 0.472 e. The van der Waals surface area contributed by atoms with E-state index in [1.165, 1.54) is 96.3 Å². The molecule has 1 saturated heterocycles. The molecular formula is C45H86O14P2. The minimum Gasteiger partial charge on any atom is -0.462 e. The summed E-state index contributed by atoms with van der Waals surface area (Å²) in [6.07, 6.45) is 33.6. The largest absolute Gasteiger partial charge is 0.472 e. The molecule has 0 bridgehead atoms. The van der Waals surface area contributed by atoms with E-state index in [1.807, 2.05) is 0 Å². The number of aliphatic hydroxyl groups excluding tert-OH is 1. The van der Waals surface area contributed by atoms with E-state index < -0.39 is 59.6 Å². The van der Waals surface area contributed by atoms with Crippen molar-refractivity contribution in [1.82, 2.24) is 0 Å². The number of phosphoric acid groups is 2. The lowest BCUT2D eigenvalue weighted by molar-refractivity contribution is -0.161. The van der Waals surface area contributed by atoms with Crippen LogP contribution in [0.3, 0.4) is 0 Å². The topological polar surface area (TPSA) is 208 Å². The van der Waals surface area contributed by atoms with Crippen molar-refractivity contribution < 1.29 is 66.3 Å². The van der Waals surface area contributed by atoms with Crippen LogP contribution in [0.15, 0.2) is 12.2 Å². The minimum absolute atomic E-state index is 0.112.